The standard InChI is InChI=1S/C21H20BrClO4/c1-2-27-20(25)19-17(13-3-9-16(23)10-4-13)11-21(26,12-18(19)24)14-5-7-15(22)8-6-14/h3-10,17,19,26H,2,11-12H2,1H3. The Morgan fingerprint density at radius 3 is 2.44 bits per heavy atom. The zero-order valence-corrected chi connectivity index (χ0v) is 17.2. The quantitative estimate of drug-likeness (QED) is 0.544. The summed E-state index contributed by atoms with van der Waals surface area (Å²) in [6.07, 6.45) is 0.119. The summed E-state index contributed by atoms with van der Waals surface area (Å²) < 4.78 is 6.03. The number of esters is 1. The molecule has 6 heteroatoms. The second-order valence-electron chi connectivity index (χ2n) is 6.77. The lowest BCUT2D eigenvalue weighted by molar-refractivity contribution is -0.158. The number of ether oxygens (including phenoxy) is 1. The SMILES string of the molecule is CCOC(=O)C1C(=O)CC(O)(c2ccc(Br)cc2)CC1c1ccc(Cl)cc1. The van der Waals surface area contributed by atoms with Gasteiger partial charge >= 0.3 is 5.97 Å². The van der Waals surface area contributed by atoms with E-state index in [-0.39, 0.29) is 25.2 Å². The van der Waals surface area contributed by atoms with E-state index < -0.39 is 23.4 Å². The lowest BCUT2D eigenvalue weighted by atomic mass is 9.66. The second kappa shape index (κ2) is 8.13. The van der Waals surface area contributed by atoms with Gasteiger partial charge in [0.15, 0.2) is 5.78 Å². The van der Waals surface area contributed by atoms with Gasteiger partial charge in [-0.25, -0.2) is 0 Å². The first kappa shape index (κ1) is 20.1. The fraction of sp³-hybridized carbons (Fsp3) is 0.333. The van der Waals surface area contributed by atoms with E-state index in [9.17, 15) is 14.7 Å². The molecule has 1 saturated carbocycles. The van der Waals surface area contributed by atoms with E-state index in [0.717, 1.165) is 10.0 Å². The Kier molecular flexibility index (Phi) is 6.04. The molecule has 2 aromatic carbocycles. The van der Waals surface area contributed by atoms with Gasteiger partial charge in [0.1, 0.15) is 5.92 Å². The van der Waals surface area contributed by atoms with Crippen molar-refractivity contribution in [3.63, 3.8) is 0 Å². The number of carbonyl (C=O) groups is 2. The molecule has 1 aliphatic carbocycles. The third-order valence-electron chi connectivity index (χ3n) is 4.99. The van der Waals surface area contributed by atoms with E-state index in [0.29, 0.717) is 10.6 Å². The third-order valence-corrected chi connectivity index (χ3v) is 5.77. The van der Waals surface area contributed by atoms with Crippen LogP contribution in [0.25, 0.3) is 0 Å². The van der Waals surface area contributed by atoms with Gasteiger partial charge in [0.25, 0.3) is 0 Å². The first-order valence-electron chi connectivity index (χ1n) is 8.77. The van der Waals surface area contributed by atoms with Crippen molar-refractivity contribution in [1.29, 1.82) is 0 Å². The molecule has 0 aliphatic heterocycles. The van der Waals surface area contributed by atoms with Gasteiger partial charge in [-0.3, -0.25) is 9.59 Å². The zero-order valence-electron chi connectivity index (χ0n) is 14.8. The maximum atomic E-state index is 12.9. The highest BCUT2D eigenvalue weighted by atomic mass is 79.9. The maximum Gasteiger partial charge on any atom is 0.317 e. The van der Waals surface area contributed by atoms with Crippen LogP contribution in [0.15, 0.2) is 53.0 Å². The smallest absolute Gasteiger partial charge is 0.317 e. The van der Waals surface area contributed by atoms with E-state index in [2.05, 4.69) is 15.9 Å². The van der Waals surface area contributed by atoms with Crippen LogP contribution in [0.1, 0.15) is 36.8 Å². The van der Waals surface area contributed by atoms with Gasteiger partial charge in [-0.05, 0) is 48.7 Å². The summed E-state index contributed by atoms with van der Waals surface area (Å²) in [5.74, 6) is -2.27. The molecule has 0 bridgehead atoms. The van der Waals surface area contributed by atoms with Crippen molar-refractivity contribution in [1.82, 2.24) is 0 Å². The summed E-state index contributed by atoms with van der Waals surface area (Å²) in [7, 11) is 0. The van der Waals surface area contributed by atoms with Crippen LogP contribution in [-0.2, 0) is 19.9 Å². The van der Waals surface area contributed by atoms with Crippen molar-refractivity contribution in [3.8, 4) is 0 Å². The predicted molar refractivity (Wildman–Crippen MR) is 107 cm³/mol. The molecule has 3 atom stereocenters. The van der Waals surface area contributed by atoms with Crippen LogP contribution < -0.4 is 0 Å². The van der Waals surface area contributed by atoms with E-state index >= 15 is 0 Å². The Labute approximate surface area is 171 Å². The number of Topliss-reactive ketones (excluding diaryl/α,β-unsaturated/α-hetero) is 1. The van der Waals surface area contributed by atoms with Gasteiger partial charge in [0.05, 0.1) is 12.2 Å². The van der Waals surface area contributed by atoms with Crippen molar-refractivity contribution in [2.45, 2.75) is 31.3 Å². The molecule has 0 aromatic heterocycles. The molecule has 1 aliphatic rings. The average molecular weight is 452 g/mol. The molecule has 0 amide bonds. The molecule has 0 spiro atoms. The average Bonchev–Trinajstić information content (AvgIpc) is 2.62. The van der Waals surface area contributed by atoms with Gasteiger partial charge in [0.2, 0.25) is 0 Å². The number of ketones is 1. The summed E-state index contributed by atoms with van der Waals surface area (Å²) in [6.45, 7) is 1.91. The number of benzene rings is 2. The van der Waals surface area contributed by atoms with Gasteiger partial charge < -0.3 is 9.84 Å². The third kappa shape index (κ3) is 4.26. The molecule has 3 rings (SSSR count). The van der Waals surface area contributed by atoms with E-state index in [1.165, 1.54) is 0 Å². The number of rotatable bonds is 4. The molecule has 1 fully saturated rings. The van der Waals surface area contributed by atoms with Crippen LogP contribution in [0, 0.1) is 5.92 Å². The number of hydrogen-bond donors (Lipinski definition) is 1. The molecule has 1 N–H and O–H groups in total. The highest BCUT2D eigenvalue weighted by molar-refractivity contribution is 9.10. The Morgan fingerprint density at radius 2 is 1.85 bits per heavy atom. The minimum atomic E-state index is -1.34. The summed E-state index contributed by atoms with van der Waals surface area (Å²) in [5, 5.41) is 11.9. The maximum absolute atomic E-state index is 12.9. The Morgan fingerprint density at radius 1 is 1.22 bits per heavy atom. The zero-order chi connectivity index (χ0) is 19.6. The van der Waals surface area contributed by atoms with Crippen molar-refractivity contribution >= 4 is 39.3 Å². The number of halogens is 2. The Hall–Kier alpha value is -1.69. The van der Waals surface area contributed by atoms with Crippen LogP contribution in [0.5, 0.6) is 0 Å². The summed E-state index contributed by atoms with van der Waals surface area (Å²) in [4.78, 5) is 25.4. The van der Waals surface area contributed by atoms with Crippen LogP contribution in [0.3, 0.4) is 0 Å². The van der Waals surface area contributed by atoms with E-state index in [4.69, 9.17) is 16.3 Å². The number of hydrogen-bond acceptors (Lipinski definition) is 4. The van der Waals surface area contributed by atoms with E-state index in [1.54, 1.807) is 43.3 Å². The molecular weight excluding hydrogens is 432 g/mol. The highest BCUT2D eigenvalue weighted by Gasteiger charge is 2.49. The van der Waals surface area contributed by atoms with E-state index in [1.807, 2.05) is 12.1 Å². The molecule has 27 heavy (non-hydrogen) atoms. The van der Waals surface area contributed by atoms with Gasteiger partial charge in [-0.15, -0.1) is 0 Å². The van der Waals surface area contributed by atoms with Crippen LogP contribution in [0.4, 0.5) is 0 Å². The fourth-order valence-corrected chi connectivity index (χ4v) is 4.09. The lowest BCUT2D eigenvalue weighted by Crippen LogP contribution is -2.45. The van der Waals surface area contributed by atoms with Crippen molar-refractivity contribution in [2.24, 2.45) is 5.92 Å². The van der Waals surface area contributed by atoms with Crippen molar-refractivity contribution in [3.05, 3.63) is 69.2 Å². The lowest BCUT2D eigenvalue weighted by Gasteiger charge is -2.40. The van der Waals surface area contributed by atoms with Crippen LogP contribution in [0.2, 0.25) is 5.02 Å². The summed E-state index contributed by atoms with van der Waals surface area (Å²) in [6, 6.07) is 14.3. The first-order valence-corrected chi connectivity index (χ1v) is 9.94. The number of carbonyl (C=O) groups excluding carboxylic acids is 2. The monoisotopic (exact) mass is 450 g/mol. The predicted octanol–water partition coefficient (Wildman–Crippen LogP) is 4.62. The molecule has 0 radical (unpaired) electrons. The van der Waals surface area contributed by atoms with Crippen molar-refractivity contribution < 1.29 is 19.4 Å². The van der Waals surface area contributed by atoms with Crippen molar-refractivity contribution in [2.75, 3.05) is 6.61 Å². The minimum Gasteiger partial charge on any atom is -0.465 e. The molecule has 0 saturated heterocycles. The summed E-state index contributed by atoms with van der Waals surface area (Å²) in [5.41, 5.74) is 0.0896. The van der Waals surface area contributed by atoms with Crippen LogP contribution >= 0.6 is 27.5 Å². The molecule has 2 aromatic rings. The minimum absolute atomic E-state index is 0.123. The topological polar surface area (TPSA) is 63.6 Å². The Balaban J connectivity index is 2.01. The summed E-state index contributed by atoms with van der Waals surface area (Å²) >= 11 is 9.36. The molecule has 0 heterocycles. The van der Waals surface area contributed by atoms with Gasteiger partial charge in [0, 0.05) is 21.8 Å². The Bertz CT molecular complexity index is 834. The normalized spacial score (nSPS) is 25.3. The molecule has 3 unspecified atom stereocenters. The molecule has 4 nitrogen and oxygen atoms in total. The second-order valence-corrected chi connectivity index (χ2v) is 8.13. The highest BCUT2D eigenvalue weighted by Crippen LogP contribution is 2.46. The first-order chi connectivity index (χ1) is 12.8. The van der Waals surface area contributed by atoms with Gasteiger partial charge in [-0.2, -0.15) is 0 Å². The number of aliphatic hydroxyl groups is 1. The van der Waals surface area contributed by atoms with Crippen LogP contribution in [-0.4, -0.2) is 23.5 Å². The van der Waals surface area contributed by atoms with Gasteiger partial charge in [-0.1, -0.05) is 51.8 Å². The molecule has 142 valence electrons. The fourth-order valence-electron chi connectivity index (χ4n) is 3.70. The largest absolute Gasteiger partial charge is 0.465 e. The molecular formula is C21H20BrClO4.